The highest BCUT2D eigenvalue weighted by Gasteiger charge is 2.23. The molecule has 9 heteroatoms. The zero-order valence-corrected chi connectivity index (χ0v) is 17.7. The summed E-state index contributed by atoms with van der Waals surface area (Å²) in [5.74, 6) is -0.388. The molecule has 0 aliphatic rings. The van der Waals surface area contributed by atoms with Crippen molar-refractivity contribution < 1.29 is 22.7 Å². The zero-order chi connectivity index (χ0) is 21.6. The van der Waals surface area contributed by atoms with Crippen LogP contribution >= 0.6 is 0 Å². The molecule has 156 valence electrons. The number of ether oxygens (including phenoxy) is 1. The van der Waals surface area contributed by atoms with Crippen molar-refractivity contribution in [1.29, 1.82) is 0 Å². The minimum absolute atomic E-state index is 0.0595. The first-order chi connectivity index (χ1) is 13.7. The molecule has 0 bridgehead atoms. The van der Waals surface area contributed by atoms with Gasteiger partial charge in [-0.25, -0.2) is 8.42 Å². The molecule has 0 atom stereocenters. The van der Waals surface area contributed by atoms with Crippen molar-refractivity contribution in [3.8, 4) is 5.75 Å². The van der Waals surface area contributed by atoms with Gasteiger partial charge in [0.05, 0.1) is 17.7 Å². The summed E-state index contributed by atoms with van der Waals surface area (Å²) in [4.78, 5) is 24.0. The monoisotopic (exact) mass is 419 g/mol. The van der Waals surface area contributed by atoms with Gasteiger partial charge >= 0.3 is 0 Å². The first-order valence-corrected chi connectivity index (χ1v) is 10.5. The van der Waals surface area contributed by atoms with E-state index in [1.165, 1.54) is 42.6 Å². The molecule has 0 saturated heterocycles. The fourth-order valence-corrected chi connectivity index (χ4v) is 4.28. The van der Waals surface area contributed by atoms with Crippen LogP contribution in [-0.4, -0.2) is 44.7 Å². The number of methoxy groups -OCH3 is 1. The van der Waals surface area contributed by atoms with E-state index >= 15 is 0 Å². The lowest BCUT2D eigenvalue weighted by Gasteiger charge is -2.19. The summed E-state index contributed by atoms with van der Waals surface area (Å²) in [6, 6.07) is 10.7. The van der Waals surface area contributed by atoms with Crippen LogP contribution in [0.4, 0.5) is 11.4 Å². The van der Waals surface area contributed by atoms with Gasteiger partial charge in [0, 0.05) is 31.3 Å². The van der Waals surface area contributed by atoms with E-state index in [-0.39, 0.29) is 16.5 Å². The summed E-state index contributed by atoms with van der Waals surface area (Å²) in [5.41, 5.74) is 1.01. The van der Waals surface area contributed by atoms with Gasteiger partial charge in [-0.15, -0.1) is 0 Å². The molecule has 0 saturated carbocycles. The minimum Gasteiger partial charge on any atom is -0.495 e. The van der Waals surface area contributed by atoms with Crippen LogP contribution < -0.4 is 15.4 Å². The van der Waals surface area contributed by atoms with Crippen LogP contribution in [0.15, 0.2) is 47.4 Å². The average Bonchev–Trinajstić information content (AvgIpc) is 2.68. The van der Waals surface area contributed by atoms with E-state index in [9.17, 15) is 18.0 Å². The van der Waals surface area contributed by atoms with Crippen molar-refractivity contribution in [3.05, 3.63) is 48.0 Å². The molecule has 0 aliphatic heterocycles. The number of carbonyl (C=O) groups is 2. The summed E-state index contributed by atoms with van der Waals surface area (Å²) in [6.07, 6.45) is 0. The van der Waals surface area contributed by atoms with Gasteiger partial charge in [-0.1, -0.05) is 19.9 Å². The summed E-state index contributed by atoms with van der Waals surface area (Å²) in [7, 11) is -2.26. The number of amides is 2. The van der Waals surface area contributed by atoms with Crippen molar-refractivity contribution >= 4 is 33.2 Å². The lowest BCUT2D eigenvalue weighted by molar-refractivity contribution is -0.114. The van der Waals surface area contributed by atoms with Gasteiger partial charge in [0.15, 0.2) is 0 Å². The molecule has 8 nitrogen and oxygen atoms in total. The quantitative estimate of drug-likeness (QED) is 0.684. The molecule has 2 amide bonds. The molecule has 29 heavy (non-hydrogen) atoms. The highest BCUT2D eigenvalue weighted by atomic mass is 32.2. The van der Waals surface area contributed by atoms with Gasteiger partial charge in [-0.2, -0.15) is 4.31 Å². The first-order valence-electron chi connectivity index (χ1n) is 9.10. The van der Waals surface area contributed by atoms with Gasteiger partial charge < -0.3 is 15.4 Å². The normalized spacial score (nSPS) is 11.2. The molecule has 0 aromatic heterocycles. The van der Waals surface area contributed by atoms with Gasteiger partial charge in [-0.05, 0) is 36.4 Å². The van der Waals surface area contributed by atoms with E-state index < -0.39 is 15.9 Å². The second-order valence-corrected chi connectivity index (χ2v) is 8.11. The third kappa shape index (κ3) is 5.33. The molecule has 2 N–H and O–H groups in total. The van der Waals surface area contributed by atoms with E-state index in [2.05, 4.69) is 10.6 Å². The maximum Gasteiger partial charge on any atom is 0.255 e. The Balaban J connectivity index is 2.37. The number of nitrogens with zero attached hydrogens (tertiary/aromatic N) is 1. The highest BCUT2D eigenvalue weighted by molar-refractivity contribution is 7.89. The van der Waals surface area contributed by atoms with Crippen LogP contribution in [0, 0.1) is 0 Å². The average molecular weight is 420 g/mol. The second-order valence-electron chi connectivity index (χ2n) is 6.17. The number of anilines is 2. The molecule has 0 heterocycles. The van der Waals surface area contributed by atoms with Crippen molar-refractivity contribution in [1.82, 2.24) is 4.31 Å². The molecule has 0 fully saturated rings. The van der Waals surface area contributed by atoms with E-state index in [0.29, 0.717) is 30.1 Å². The van der Waals surface area contributed by atoms with Crippen molar-refractivity contribution in [2.75, 3.05) is 30.8 Å². The van der Waals surface area contributed by atoms with E-state index in [0.717, 1.165) is 0 Å². The molecular formula is C20H25N3O5S. The van der Waals surface area contributed by atoms with E-state index in [4.69, 9.17) is 4.74 Å². The Kier molecular flexibility index (Phi) is 7.35. The SMILES string of the molecule is CCN(CC)S(=O)(=O)c1ccc(OC)c(NC(=O)c2cccc(NC(C)=O)c2)c1. The topological polar surface area (TPSA) is 105 Å². The van der Waals surface area contributed by atoms with Crippen LogP contribution in [0.3, 0.4) is 0 Å². The summed E-state index contributed by atoms with van der Waals surface area (Å²) >= 11 is 0. The molecule has 2 rings (SSSR count). The molecule has 0 radical (unpaired) electrons. The summed E-state index contributed by atoms with van der Waals surface area (Å²) in [5, 5.41) is 5.30. The molecule has 0 unspecified atom stereocenters. The molecule has 0 aliphatic carbocycles. The van der Waals surface area contributed by atoms with E-state index in [1.807, 2.05) is 0 Å². The Bertz CT molecular complexity index is 1000. The number of hydrogen-bond donors (Lipinski definition) is 2. The standard InChI is InChI=1S/C20H25N3O5S/c1-5-23(6-2)29(26,27)17-10-11-19(28-4)18(13-17)22-20(25)15-8-7-9-16(12-15)21-14(3)24/h7-13H,5-6H2,1-4H3,(H,21,24)(H,22,25). The highest BCUT2D eigenvalue weighted by Crippen LogP contribution is 2.29. The predicted molar refractivity (Wildman–Crippen MR) is 112 cm³/mol. The van der Waals surface area contributed by atoms with Crippen LogP contribution in [-0.2, 0) is 14.8 Å². The number of hydrogen-bond acceptors (Lipinski definition) is 5. The molecule has 2 aromatic carbocycles. The number of carbonyl (C=O) groups excluding carboxylic acids is 2. The summed E-state index contributed by atoms with van der Waals surface area (Å²) in [6.45, 7) is 5.56. The van der Waals surface area contributed by atoms with Gasteiger partial charge in [0.2, 0.25) is 15.9 Å². The van der Waals surface area contributed by atoms with Crippen LogP contribution in [0.1, 0.15) is 31.1 Å². The number of nitrogens with one attached hydrogen (secondary N) is 2. The van der Waals surface area contributed by atoms with Gasteiger partial charge in [0.25, 0.3) is 5.91 Å². The number of rotatable bonds is 8. The van der Waals surface area contributed by atoms with Crippen LogP contribution in [0.2, 0.25) is 0 Å². The Morgan fingerprint density at radius 2 is 1.72 bits per heavy atom. The Morgan fingerprint density at radius 1 is 1.03 bits per heavy atom. The predicted octanol–water partition coefficient (Wildman–Crippen LogP) is 2.94. The molecular weight excluding hydrogens is 394 g/mol. The first kappa shape index (κ1) is 22.4. The lowest BCUT2D eigenvalue weighted by Crippen LogP contribution is -2.30. The number of sulfonamides is 1. The second kappa shape index (κ2) is 9.53. The minimum atomic E-state index is -3.69. The number of benzene rings is 2. The lowest BCUT2D eigenvalue weighted by atomic mass is 10.1. The van der Waals surface area contributed by atoms with Crippen molar-refractivity contribution in [2.24, 2.45) is 0 Å². The third-order valence-electron chi connectivity index (χ3n) is 4.21. The third-order valence-corrected chi connectivity index (χ3v) is 6.25. The maximum atomic E-state index is 12.8. The Morgan fingerprint density at radius 3 is 2.31 bits per heavy atom. The van der Waals surface area contributed by atoms with Crippen molar-refractivity contribution in [2.45, 2.75) is 25.7 Å². The van der Waals surface area contributed by atoms with Gasteiger partial charge in [0.1, 0.15) is 5.75 Å². The van der Waals surface area contributed by atoms with Crippen LogP contribution in [0.5, 0.6) is 5.75 Å². The molecule has 2 aromatic rings. The largest absolute Gasteiger partial charge is 0.495 e. The fourth-order valence-electron chi connectivity index (χ4n) is 2.79. The Hall–Kier alpha value is -2.91. The summed E-state index contributed by atoms with van der Waals surface area (Å²) < 4.78 is 32.2. The maximum absolute atomic E-state index is 12.8. The van der Waals surface area contributed by atoms with Crippen LogP contribution in [0.25, 0.3) is 0 Å². The zero-order valence-electron chi connectivity index (χ0n) is 16.9. The van der Waals surface area contributed by atoms with Crippen molar-refractivity contribution in [3.63, 3.8) is 0 Å². The Labute approximate surface area is 170 Å². The van der Waals surface area contributed by atoms with Gasteiger partial charge in [-0.3, -0.25) is 9.59 Å². The smallest absolute Gasteiger partial charge is 0.255 e. The van der Waals surface area contributed by atoms with E-state index in [1.54, 1.807) is 32.0 Å². The fraction of sp³-hybridized carbons (Fsp3) is 0.300. The molecule has 0 spiro atoms.